The molecule has 4 heteroatoms. The van der Waals surface area contributed by atoms with Crippen LogP contribution in [0, 0.1) is 5.41 Å². The van der Waals surface area contributed by atoms with Crippen molar-refractivity contribution >= 4 is 11.8 Å². The molecule has 2 N–H and O–H groups in total. The second-order valence-electron chi connectivity index (χ2n) is 5.03. The van der Waals surface area contributed by atoms with Crippen LogP contribution in [0.15, 0.2) is 30.3 Å². The lowest BCUT2D eigenvalue weighted by Crippen LogP contribution is -2.42. The molecule has 2 amide bonds. The molecular formula is C14H18N2O2. The molecule has 1 aliphatic heterocycles. The minimum atomic E-state index is -1.04. The van der Waals surface area contributed by atoms with Gasteiger partial charge < -0.3 is 10.6 Å². The Morgan fingerprint density at radius 3 is 2.50 bits per heavy atom. The SMILES string of the molecule is C[C@@H](c1ccccc1)N1CCC(C)(C(N)=O)C1=O. The van der Waals surface area contributed by atoms with Crippen LogP contribution in [0.25, 0.3) is 0 Å². The summed E-state index contributed by atoms with van der Waals surface area (Å²) >= 11 is 0. The van der Waals surface area contributed by atoms with Crippen molar-refractivity contribution in [2.75, 3.05) is 6.54 Å². The predicted molar refractivity (Wildman–Crippen MR) is 68.5 cm³/mol. The van der Waals surface area contributed by atoms with Crippen LogP contribution in [0.5, 0.6) is 0 Å². The molecule has 0 spiro atoms. The van der Waals surface area contributed by atoms with E-state index in [1.807, 2.05) is 37.3 Å². The largest absolute Gasteiger partial charge is 0.369 e. The Morgan fingerprint density at radius 2 is 2.00 bits per heavy atom. The molecule has 2 rings (SSSR count). The molecule has 0 bridgehead atoms. The van der Waals surface area contributed by atoms with Gasteiger partial charge in [0, 0.05) is 6.54 Å². The maximum atomic E-state index is 12.3. The molecule has 1 aliphatic rings. The Morgan fingerprint density at radius 1 is 1.39 bits per heavy atom. The minimum absolute atomic E-state index is 0.0279. The zero-order chi connectivity index (χ0) is 13.3. The van der Waals surface area contributed by atoms with Gasteiger partial charge in [-0.05, 0) is 25.8 Å². The number of nitrogens with zero attached hydrogens (tertiary/aromatic N) is 1. The highest BCUT2D eigenvalue weighted by atomic mass is 16.2. The Hall–Kier alpha value is -1.84. The van der Waals surface area contributed by atoms with E-state index in [9.17, 15) is 9.59 Å². The molecule has 1 aromatic carbocycles. The third kappa shape index (κ3) is 1.88. The van der Waals surface area contributed by atoms with Crippen molar-refractivity contribution in [2.24, 2.45) is 11.1 Å². The molecule has 0 radical (unpaired) electrons. The lowest BCUT2D eigenvalue weighted by atomic mass is 9.88. The van der Waals surface area contributed by atoms with E-state index in [0.29, 0.717) is 13.0 Å². The highest BCUT2D eigenvalue weighted by Gasteiger charge is 2.48. The van der Waals surface area contributed by atoms with Gasteiger partial charge in [-0.25, -0.2) is 0 Å². The van der Waals surface area contributed by atoms with E-state index >= 15 is 0 Å². The van der Waals surface area contributed by atoms with Crippen molar-refractivity contribution in [2.45, 2.75) is 26.3 Å². The number of rotatable bonds is 3. The van der Waals surface area contributed by atoms with Crippen LogP contribution in [0.2, 0.25) is 0 Å². The van der Waals surface area contributed by atoms with Crippen LogP contribution in [-0.2, 0) is 9.59 Å². The van der Waals surface area contributed by atoms with Gasteiger partial charge in [0.1, 0.15) is 5.41 Å². The second-order valence-corrected chi connectivity index (χ2v) is 5.03. The third-order valence-corrected chi connectivity index (χ3v) is 3.88. The average Bonchev–Trinajstić information content (AvgIpc) is 2.68. The molecule has 0 aliphatic carbocycles. The summed E-state index contributed by atoms with van der Waals surface area (Å²) in [7, 11) is 0. The van der Waals surface area contributed by atoms with E-state index in [4.69, 9.17) is 5.73 Å². The number of carbonyl (C=O) groups excluding carboxylic acids is 2. The molecule has 18 heavy (non-hydrogen) atoms. The lowest BCUT2D eigenvalue weighted by molar-refractivity contribution is -0.143. The molecular weight excluding hydrogens is 228 g/mol. The molecule has 1 aromatic rings. The molecule has 1 fully saturated rings. The summed E-state index contributed by atoms with van der Waals surface area (Å²) in [5.74, 6) is -0.693. The Balaban J connectivity index is 2.22. The van der Waals surface area contributed by atoms with E-state index in [2.05, 4.69) is 0 Å². The first kappa shape index (κ1) is 12.6. The van der Waals surface area contributed by atoms with Crippen LogP contribution in [-0.4, -0.2) is 23.3 Å². The average molecular weight is 246 g/mol. The number of amides is 2. The first-order valence-electron chi connectivity index (χ1n) is 6.13. The van der Waals surface area contributed by atoms with Crippen LogP contribution in [0.1, 0.15) is 31.9 Å². The zero-order valence-corrected chi connectivity index (χ0v) is 10.7. The molecule has 0 saturated carbocycles. The Kier molecular flexibility index (Phi) is 3.11. The van der Waals surface area contributed by atoms with Crippen molar-refractivity contribution in [1.29, 1.82) is 0 Å². The number of primary amides is 1. The van der Waals surface area contributed by atoms with Crippen molar-refractivity contribution in [3.63, 3.8) is 0 Å². The van der Waals surface area contributed by atoms with E-state index in [1.54, 1.807) is 11.8 Å². The molecule has 1 heterocycles. The highest BCUT2D eigenvalue weighted by Crippen LogP contribution is 2.36. The first-order valence-corrected chi connectivity index (χ1v) is 6.13. The topological polar surface area (TPSA) is 63.4 Å². The fraction of sp³-hybridized carbons (Fsp3) is 0.429. The number of carbonyl (C=O) groups is 2. The van der Waals surface area contributed by atoms with E-state index in [0.717, 1.165) is 5.56 Å². The number of nitrogens with two attached hydrogens (primary N) is 1. The van der Waals surface area contributed by atoms with E-state index in [-0.39, 0.29) is 11.9 Å². The molecule has 2 atom stereocenters. The van der Waals surface area contributed by atoms with E-state index in [1.165, 1.54) is 0 Å². The summed E-state index contributed by atoms with van der Waals surface area (Å²) in [6.07, 6.45) is 0.498. The summed E-state index contributed by atoms with van der Waals surface area (Å²) in [6, 6.07) is 9.77. The maximum absolute atomic E-state index is 12.3. The summed E-state index contributed by atoms with van der Waals surface area (Å²) in [4.78, 5) is 25.5. The fourth-order valence-electron chi connectivity index (χ4n) is 2.38. The van der Waals surface area contributed by atoms with Gasteiger partial charge in [-0.2, -0.15) is 0 Å². The third-order valence-electron chi connectivity index (χ3n) is 3.88. The normalized spacial score (nSPS) is 25.2. The Bertz CT molecular complexity index is 472. The minimum Gasteiger partial charge on any atom is -0.369 e. The summed E-state index contributed by atoms with van der Waals surface area (Å²) in [5.41, 5.74) is 5.37. The molecule has 96 valence electrons. The van der Waals surface area contributed by atoms with Gasteiger partial charge in [0.05, 0.1) is 6.04 Å². The monoisotopic (exact) mass is 246 g/mol. The molecule has 0 aromatic heterocycles. The summed E-state index contributed by atoms with van der Waals surface area (Å²) in [5, 5.41) is 0. The summed E-state index contributed by atoms with van der Waals surface area (Å²) in [6.45, 7) is 4.18. The van der Waals surface area contributed by atoms with E-state index < -0.39 is 11.3 Å². The second kappa shape index (κ2) is 4.44. The molecule has 1 unspecified atom stereocenters. The maximum Gasteiger partial charge on any atom is 0.238 e. The van der Waals surface area contributed by atoms with Gasteiger partial charge >= 0.3 is 0 Å². The summed E-state index contributed by atoms with van der Waals surface area (Å²) < 4.78 is 0. The van der Waals surface area contributed by atoms with Gasteiger partial charge in [0.2, 0.25) is 11.8 Å². The van der Waals surface area contributed by atoms with Gasteiger partial charge in [-0.1, -0.05) is 30.3 Å². The standard InChI is InChI=1S/C14H18N2O2/c1-10(11-6-4-3-5-7-11)16-9-8-14(2,12(15)17)13(16)18/h3-7,10H,8-9H2,1-2H3,(H2,15,17)/t10-,14?/m0/s1. The van der Waals surface area contributed by atoms with Gasteiger partial charge in [0.15, 0.2) is 0 Å². The predicted octanol–water partition coefficient (Wildman–Crippen LogP) is 1.47. The van der Waals surface area contributed by atoms with Crippen LogP contribution in [0.3, 0.4) is 0 Å². The fourth-order valence-corrected chi connectivity index (χ4v) is 2.38. The zero-order valence-electron chi connectivity index (χ0n) is 10.7. The number of likely N-dealkylation sites (tertiary alicyclic amines) is 1. The molecule has 1 saturated heterocycles. The Labute approximate surface area is 107 Å². The van der Waals surface area contributed by atoms with Gasteiger partial charge in [0.25, 0.3) is 0 Å². The number of hydrogen-bond acceptors (Lipinski definition) is 2. The number of hydrogen-bond donors (Lipinski definition) is 1. The smallest absolute Gasteiger partial charge is 0.238 e. The highest BCUT2D eigenvalue weighted by molar-refractivity contribution is 6.05. The van der Waals surface area contributed by atoms with Crippen LogP contribution < -0.4 is 5.73 Å². The lowest BCUT2D eigenvalue weighted by Gasteiger charge is -2.26. The molecule has 4 nitrogen and oxygen atoms in total. The van der Waals surface area contributed by atoms with Gasteiger partial charge in [-0.3, -0.25) is 9.59 Å². The van der Waals surface area contributed by atoms with Crippen molar-refractivity contribution in [3.05, 3.63) is 35.9 Å². The van der Waals surface area contributed by atoms with Crippen LogP contribution >= 0.6 is 0 Å². The van der Waals surface area contributed by atoms with Gasteiger partial charge in [-0.15, -0.1) is 0 Å². The quantitative estimate of drug-likeness (QED) is 0.821. The first-order chi connectivity index (χ1) is 8.47. The van der Waals surface area contributed by atoms with Crippen molar-refractivity contribution in [3.8, 4) is 0 Å². The van der Waals surface area contributed by atoms with Crippen LogP contribution in [0.4, 0.5) is 0 Å². The number of benzene rings is 1. The van der Waals surface area contributed by atoms with Crippen molar-refractivity contribution in [1.82, 2.24) is 4.90 Å². The van der Waals surface area contributed by atoms with Crippen molar-refractivity contribution < 1.29 is 9.59 Å².